The molecule has 1 aliphatic carbocycles. The standard InChI is InChI=1S/C20H22N2O4S/c1-20(2,3)12-6-7-13-14(10-21)18(27-16(13)9-12)22-17(23)11-26-19(24)15-5-4-8-25-15/h4-5,8,12H,6-7,9,11H2,1-3H3,(H,22,23). The first kappa shape index (κ1) is 19.2. The average Bonchev–Trinajstić information content (AvgIpc) is 3.25. The van der Waals surface area contributed by atoms with Crippen LogP contribution in [0.15, 0.2) is 22.8 Å². The Kier molecular flexibility index (Phi) is 5.38. The molecule has 7 heteroatoms. The third-order valence-electron chi connectivity index (χ3n) is 4.91. The fourth-order valence-corrected chi connectivity index (χ4v) is 4.59. The molecule has 142 valence electrons. The lowest BCUT2D eigenvalue weighted by Gasteiger charge is -2.33. The van der Waals surface area contributed by atoms with Crippen LogP contribution in [0.25, 0.3) is 0 Å². The van der Waals surface area contributed by atoms with Crippen LogP contribution in [0.3, 0.4) is 0 Å². The molecule has 0 aliphatic heterocycles. The molecule has 1 amide bonds. The van der Waals surface area contributed by atoms with Crippen LogP contribution in [0.1, 0.15) is 53.8 Å². The van der Waals surface area contributed by atoms with Gasteiger partial charge < -0.3 is 14.5 Å². The average molecular weight is 386 g/mol. The molecule has 1 N–H and O–H groups in total. The number of hydrogen-bond donors (Lipinski definition) is 1. The molecule has 1 unspecified atom stereocenters. The molecule has 0 saturated carbocycles. The fraction of sp³-hybridized carbons (Fsp3) is 0.450. The quantitative estimate of drug-likeness (QED) is 0.797. The smallest absolute Gasteiger partial charge is 0.374 e. The van der Waals surface area contributed by atoms with Crippen molar-refractivity contribution in [3.63, 3.8) is 0 Å². The topological polar surface area (TPSA) is 92.3 Å². The van der Waals surface area contributed by atoms with Gasteiger partial charge in [0.25, 0.3) is 5.91 Å². The second kappa shape index (κ2) is 7.57. The normalized spacial score (nSPS) is 16.3. The number of carbonyl (C=O) groups excluding carboxylic acids is 2. The predicted molar refractivity (Wildman–Crippen MR) is 102 cm³/mol. The van der Waals surface area contributed by atoms with Gasteiger partial charge in [0.05, 0.1) is 11.8 Å². The molecule has 0 bridgehead atoms. The van der Waals surface area contributed by atoms with Crippen molar-refractivity contribution in [2.24, 2.45) is 11.3 Å². The molecule has 1 atom stereocenters. The van der Waals surface area contributed by atoms with Gasteiger partial charge in [0, 0.05) is 4.88 Å². The van der Waals surface area contributed by atoms with Gasteiger partial charge in [0.1, 0.15) is 11.1 Å². The Morgan fingerprint density at radius 2 is 2.22 bits per heavy atom. The second-order valence-corrected chi connectivity index (χ2v) is 8.83. The highest BCUT2D eigenvalue weighted by Gasteiger charge is 2.32. The Morgan fingerprint density at radius 3 is 2.85 bits per heavy atom. The third kappa shape index (κ3) is 4.22. The highest BCUT2D eigenvalue weighted by Crippen LogP contribution is 2.43. The van der Waals surface area contributed by atoms with Gasteiger partial charge in [-0.3, -0.25) is 4.79 Å². The Balaban J connectivity index is 1.67. The summed E-state index contributed by atoms with van der Waals surface area (Å²) in [4.78, 5) is 25.1. The Labute approximate surface area is 162 Å². The van der Waals surface area contributed by atoms with Crippen LogP contribution < -0.4 is 5.32 Å². The fourth-order valence-electron chi connectivity index (χ4n) is 3.29. The van der Waals surface area contributed by atoms with Crippen molar-refractivity contribution >= 4 is 28.2 Å². The highest BCUT2D eigenvalue weighted by atomic mass is 32.1. The van der Waals surface area contributed by atoms with Crippen molar-refractivity contribution in [1.82, 2.24) is 0 Å². The number of anilines is 1. The summed E-state index contributed by atoms with van der Waals surface area (Å²) in [5.41, 5.74) is 1.79. The summed E-state index contributed by atoms with van der Waals surface area (Å²) in [6.07, 6.45) is 4.16. The van der Waals surface area contributed by atoms with Crippen LogP contribution in [0.5, 0.6) is 0 Å². The van der Waals surface area contributed by atoms with Crippen LogP contribution in [-0.2, 0) is 22.4 Å². The van der Waals surface area contributed by atoms with Gasteiger partial charge in [0.15, 0.2) is 6.61 Å². The van der Waals surface area contributed by atoms with Gasteiger partial charge >= 0.3 is 5.97 Å². The first-order valence-electron chi connectivity index (χ1n) is 8.84. The molecule has 27 heavy (non-hydrogen) atoms. The van der Waals surface area contributed by atoms with Crippen molar-refractivity contribution in [1.29, 1.82) is 5.26 Å². The molecule has 2 aromatic heterocycles. The first-order chi connectivity index (χ1) is 12.8. The zero-order chi connectivity index (χ0) is 19.6. The minimum atomic E-state index is -0.700. The predicted octanol–water partition coefficient (Wildman–Crippen LogP) is 4.16. The zero-order valence-electron chi connectivity index (χ0n) is 15.6. The van der Waals surface area contributed by atoms with E-state index in [0.29, 0.717) is 16.5 Å². The number of rotatable bonds is 4. The summed E-state index contributed by atoms with van der Waals surface area (Å²) in [5.74, 6) is -0.583. The number of esters is 1. The van der Waals surface area contributed by atoms with Gasteiger partial charge in [0.2, 0.25) is 5.76 Å². The monoisotopic (exact) mass is 386 g/mol. The Morgan fingerprint density at radius 1 is 1.44 bits per heavy atom. The number of nitriles is 1. The van der Waals surface area contributed by atoms with Crippen LogP contribution in [0.2, 0.25) is 0 Å². The van der Waals surface area contributed by atoms with Crippen LogP contribution in [0, 0.1) is 22.7 Å². The van der Waals surface area contributed by atoms with Crippen molar-refractivity contribution in [3.05, 3.63) is 40.2 Å². The van der Waals surface area contributed by atoms with E-state index >= 15 is 0 Å². The lowest BCUT2D eigenvalue weighted by atomic mass is 9.72. The summed E-state index contributed by atoms with van der Waals surface area (Å²) >= 11 is 1.45. The van der Waals surface area contributed by atoms with Crippen LogP contribution >= 0.6 is 11.3 Å². The first-order valence-corrected chi connectivity index (χ1v) is 9.66. The van der Waals surface area contributed by atoms with E-state index in [9.17, 15) is 14.9 Å². The van der Waals surface area contributed by atoms with Crippen molar-refractivity contribution in [3.8, 4) is 6.07 Å². The third-order valence-corrected chi connectivity index (χ3v) is 6.08. The summed E-state index contributed by atoms with van der Waals surface area (Å²) in [7, 11) is 0. The molecule has 6 nitrogen and oxygen atoms in total. The summed E-state index contributed by atoms with van der Waals surface area (Å²) in [6.45, 7) is 6.27. The molecular formula is C20H22N2O4S. The molecule has 0 spiro atoms. The van der Waals surface area contributed by atoms with Crippen molar-refractivity contribution in [2.75, 3.05) is 11.9 Å². The summed E-state index contributed by atoms with van der Waals surface area (Å²) < 4.78 is 9.86. The number of furan rings is 1. The molecule has 0 radical (unpaired) electrons. The molecule has 2 heterocycles. The van der Waals surface area contributed by atoms with Gasteiger partial charge in [-0.15, -0.1) is 11.3 Å². The van der Waals surface area contributed by atoms with Crippen LogP contribution in [0.4, 0.5) is 5.00 Å². The van der Waals surface area contributed by atoms with E-state index < -0.39 is 18.5 Å². The number of amides is 1. The maximum Gasteiger partial charge on any atom is 0.374 e. The number of hydrogen-bond acceptors (Lipinski definition) is 6. The highest BCUT2D eigenvalue weighted by molar-refractivity contribution is 7.16. The minimum Gasteiger partial charge on any atom is -0.457 e. The van der Waals surface area contributed by atoms with E-state index in [0.717, 1.165) is 24.8 Å². The minimum absolute atomic E-state index is 0.0420. The number of fused-ring (bicyclic) bond motifs is 1. The van der Waals surface area contributed by atoms with E-state index in [4.69, 9.17) is 9.15 Å². The van der Waals surface area contributed by atoms with Gasteiger partial charge in [-0.25, -0.2) is 4.79 Å². The van der Waals surface area contributed by atoms with Crippen molar-refractivity contribution < 1.29 is 18.7 Å². The van der Waals surface area contributed by atoms with E-state index in [1.165, 1.54) is 28.5 Å². The summed E-state index contributed by atoms with van der Waals surface area (Å²) in [6, 6.07) is 5.25. The molecule has 2 aromatic rings. The van der Waals surface area contributed by atoms with E-state index in [2.05, 4.69) is 32.2 Å². The summed E-state index contributed by atoms with van der Waals surface area (Å²) in [5, 5.41) is 12.8. The molecule has 0 saturated heterocycles. The van der Waals surface area contributed by atoms with Crippen molar-refractivity contribution in [2.45, 2.75) is 40.0 Å². The molecule has 0 aromatic carbocycles. The lowest BCUT2D eigenvalue weighted by Crippen LogP contribution is -2.26. The van der Waals surface area contributed by atoms with Gasteiger partial charge in [-0.05, 0) is 48.3 Å². The molecule has 1 aliphatic rings. The van der Waals surface area contributed by atoms with E-state index in [-0.39, 0.29) is 11.2 Å². The van der Waals surface area contributed by atoms with Gasteiger partial charge in [-0.2, -0.15) is 5.26 Å². The number of nitrogens with zero attached hydrogens (tertiary/aromatic N) is 1. The largest absolute Gasteiger partial charge is 0.457 e. The second-order valence-electron chi connectivity index (χ2n) is 7.73. The number of ether oxygens (including phenoxy) is 1. The lowest BCUT2D eigenvalue weighted by molar-refractivity contribution is -0.119. The number of carbonyl (C=O) groups is 2. The maximum atomic E-state index is 12.2. The number of thiophene rings is 1. The molecule has 3 rings (SSSR count). The Hall–Kier alpha value is -2.59. The molecular weight excluding hydrogens is 364 g/mol. The number of nitrogens with one attached hydrogen (secondary N) is 1. The molecule has 0 fully saturated rings. The van der Waals surface area contributed by atoms with Crippen LogP contribution in [-0.4, -0.2) is 18.5 Å². The maximum absolute atomic E-state index is 12.2. The SMILES string of the molecule is CC(C)(C)C1CCc2c(sc(NC(=O)COC(=O)c3ccco3)c2C#N)C1. The van der Waals surface area contributed by atoms with Gasteiger partial charge in [-0.1, -0.05) is 20.8 Å². The van der Waals surface area contributed by atoms with E-state index in [1.54, 1.807) is 6.07 Å². The Bertz CT molecular complexity index is 884. The van der Waals surface area contributed by atoms with E-state index in [1.807, 2.05) is 0 Å². The zero-order valence-corrected chi connectivity index (χ0v) is 16.4.